The van der Waals surface area contributed by atoms with Crippen LogP contribution in [0.1, 0.15) is 18.9 Å². The number of halogens is 4. The zero-order valence-electron chi connectivity index (χ0n) is 8.88. The molecule has 0 amide bonds. The molecule has 0 bridgehead atoms. The zero-order valence-corrected chi connectivity index (χ0v) is 8.88. The van der Waals surface area contributed by atoms with Gasteiger partial charge in [0.05, 0.1) is 0 Å². The molecule has 0 saturated heterocycles. The lowest BCUT2D eigenvalue weighted by Gasteiger charge is -2.30. The number of benzene rings is 1. The molecule has 6 heteroatoms. The second-order valence-electron chi connectivity index (χ2n) is 3.74. The fourth-order valence-electron chi connectivity index (χ4n) is 1.45. The SMILES string of the molecule is CC(=O)C[C@](O)(c1ccc(F)cc1)C(F)(F)F. The summed E-state index contributed by atoms with van der Waals surface area (Å²) in [4.78, 5) is 10.8. The van der Waals surface area contributed by atoms with Gasteiger partial charge >= 0.3 is 6.18 Å². The second kappa shape index (κ2) is 4.44. The van der Waals surface area contributed by atoms with E-state index in [1.54, 1.807) is 0 Å². The molecule has 0 aromatic heterocycles. The Balaban J connectivity index is 3.24. The molecule has 0 fully saturated rings. The van der Waals surface area contributed by atoms with Crippen molar-refractivity contribution in [3.05, 3.63) is 35.6 Å². The Morgan fingerprint density at radius 2 is 1.71 bits per heavy atom. The number of rotatable bonds is 3. The third kappa shape index (κ3) is 2.82. The Morgan fingerprint density at radius 1 is 1.24 bits per heavy atom. The lowest BCUT2D eigenvalue weighted by molar-refractivity contribution is -0.267. The van der Waals surface area contributed by atoms with Gasteiger partial charge in [-0.3, -0.25) is 4.79 Å². The summed E-state index contributed by atoms with van der Waals surface area (Å²) in [6, 6.07) is 3.22. The summed E-state index contributed by atoms with van der Waals surface area (Å²) in [7, 11) is 0. The van der Waals surface area contributed by atoms with Crippen molar-refractivity contribution in [2.75, 3.05) is 0 Å². The van der Waals surface area contributed by atoms with E-state index in [2.05, 4.69) is 0 Å². The van der Waals surface area contributed by atoms with Gasteiger partial charge in [-0.25, -0.2) is 4.39 Å². The first-order chi connectivity index (χ1) is 7.67. The number of aliphatic hydroxyl groups is 1. The average Bonchev–Trinajstić information content (AvgIpc) is 2.15. The molecule has 17 heavy (non-hydrogen) atoms. The molecule has 1 N–H and O–H groups in total. The predicted octanol–water partition coefficient (Wildman–Crippen LogP) is 2.55. The predicted molar refractivity (Wildman–Crippen MR) is 51.6 cm³/mol. The van der Waals surface area contributed by atoms with E-state index >= 15 is 0 Å². The monoisotopic (exact) mass is 250 g/mol. The highest BCUT2D eigenvalue weighted by Gasteiger charge is 2.55. The van der Waals surface area contributed by atoms with Gasteiger partial charge in [0.15, 0.2) is 5.60 Å². The van der Waals surface area contributed by atoms with E-state index in [9.17, 15) is 27.5 Å². The van der Waals surface area contributed by atoms with E-state index in [0.29, 0.717) is 0 Å². The molecule has 0 saturated carbocycles. The van der Waals surface area contributed by atoms with Gasteiger partial charge in [-0.1, -0.05) is 12.1 Å². The van der Waals surface area contributed by atoms with Gasteiger partial charge in [0, 0.05) is 6.42 Å². The molecule has 0 unspecified atom stereocenters. The van der Waals surface area contributed by atoms with Crippen LogP contribution in [0.25, 0.3) is 0 Å². The third-order valence-corrected chi connectivity index (χ3v) is 2.30. The van der Waals surface area contributed by atoms with Crippen LogP contribution >= 0.6 is 0 Å². The van der Waals surface area contributed by atoms with Crippen molar-refractivity contribution in [1.29, 1.82) is 0 Å². The van der Waals surface area contributed by atoms with E-state index in [1.165, 1.54) is 0 Å². The number of Topliss-reactive ketones (excluding diaryl/α,β-unsaturated/α-hetero) is 1. The van der Waals surface area contributed by atoms with Gasteiger partial charge in [0.1, 0.15) is 11.6 Å². The molecule has 0 aliphatic heterocycles. The van der Waals surface area contributed by atoms with Gasteiger partial charge in [0.2, 0.25) is 0 Å². The number of ketones is 1. The topological polar surface area (TPSA) is 37.3 Å². The molecule has 0 aliphatic rings. The summed E-state index contributed by atoms with van der Waals surface area (Å²) in [5.41, 5.74) is -3.83. The van der Waals surface area contributed by atoms with Crippen molar-refractivity contribution >= 4 is 5.78 Å². The van der Waals surface area contributed by atoms with Crippen molar-refractivity contribution in [2.45, 2.75) is 25.1 Å². The summed E-state index contributed by atoms with van der Waals surface area (Å²) in [6.07, 6.45) is -6.10. The Hall–Kier alpha value is -1.43. The highest BCUT2D eigenvalue weighted by atomic mass is 19.4. The van der Waals surface area contributed by atoms with Gasteiger partial charge < -0.3 is 5.11 Å². The van der Waals surface area contributed by atoms with Gasteiger partial charge in [-0.2, -0.15) is 13.2 Å². The lowest BCUT2D eigenvalue weighted by atomic mass is 9.88. The van der Waals surface area contributed by atoms with E-state index < -0.39 is 35.4 Å². The Kier molecular flexibility index (Phi) is 3.56. The van der Waals surface area contributed by atoms with E-state index in [1.807, 2.05) is 0 Å². The minimum atomic E-state index is -5.00. The van der Waals surface area contributed by atoms with Crippen LogP contribution in [0, 0.1) is 5.82 Å². The maximum atomic E-state index is 12.8. The summed E-state index contributed by atoms with van der Waals surface area (Å²) in [5, 5.41) is 9.61. The molecule has 0 heterocycles. The molecular weight excluding hydrogens is 240 g/mol. The summed E-state index contributed by atoms with van der Waals surface area (Å²) in [6.45, 7) is 0.945. The number of carbonyl (C=O) groups excluding carboxylic acids is 1. The third-order valence-electron chi connectivity index (χ3n) is 2.30. The highest BCUT2D eigenvalue weighted by Crippen LogP contribution is 2.41. The van der Waals surface area contributed by atoms with Crippen molar-refractivity contribution in [3.63, 3.8) is 0 Å². The van der Waals surface area contributed by atoms with Crippen molar-refractivity contribution in [2.24, 2.45) is 0 Å². The molecule has 2 nitrogen and oxygen atoms in total. The molecule has 0 aliphatic carbocycles. The van der Waals surface area contributed by atoms with Gasteiger partial charge in [0.25, 0.3) is 0 Å². The smallest absolute Gasteiger partial charge is 0.376 e. The quantitative estimate of drug-likeness (QED) is 0.837. The first-order valence-electron chi connectivity index (χ1n) is 4.71. The Bertz CT molecular complexity index is 410. The van der Waals surface area contributed by atoms with Crippen molar-refractivity contribution in [3.8, 4) is 0 Å². The minimum Gasteiger partial charge on any atom is -0.376 e. The van der Waals surface area contributed by atoms with Crippen LogP contribution in [0.3, 0.4) is 0 Å². The molecule has 1 atom stereocenters. The molecule has 1 aromatic carbocycles. The summed E-state index contributed by atoms with van der Waals surface area (Å²) < 4.78 is 50.9. The highest BCUT2D eigenvalue weighted by molar-refractivity contribution is 5.77. The fraction of sp³-hybridized carbons (Fsp3) is 0.364. The number of hydrogen-bond acceptors (Lipinski definition) is 2. The van der Waals surface area contributed by atoms with E-state index in [0.717, 1.165) is 31.2 Å². The van der Waals surface area contributed by atoms with Gasteiger partial charge in [-0.15, -0.1) is 0 Å². The average molecular weight is 250 g/mol. The Morgan fingerprint density at radius 3 is 2.06 bits per heavy atom. The van der Waals surface area contributed by atoms with Crippen LogP contribution in [-0.4, -0.2) is 17.1 Å². The Labute approximate surface area is 94.9 Å². The molecular formula is C11H10F4O2. The largest absolute Gasteiger partial charge is 0.421 e. The number of alkyl halides is 3. The first kappa shape index (κ1) is 13.6. The fourth-order valence-corrected chi connectivity index (χ4v) is 1.45. The molecule has 0 radical (unpaired) electrons. The maximum absolute atomic E-state index is 12.8. The summed E-state index contributed by atoms with van der Waals surface area (Å²) >= 11 is 0. The standard InChI is InChI=1S/C11H10F4O2/c1-7(16)6-10(17,11(13,14)15)8-2-4-9(12)5-3-8/h2-5,17H,6H2,1H3/t10-/m0/s1. The molecule has 94 valence electrons. The molecule has 1 aromatic rings. The van der Waals surface area contributed by atoms with E-state index in [4.69, 9.17) is 0 Å². The van der Waals surface area contributed by atoms with Gasteiger partial charge in [-0.05, 0) is 24.6 Å². The van der Waals surface area contributed by atoms with Crippen LogP contribution < -0.4 is 0 Å². The number of hydrogen-bond donors (Lipinski definition) is 1. The van der Waals surface area contributed by atoms with Crippen molar-refractivity contribution in [1.82, 2.24) is 0 Å². The summed E-state index contributed by atoms with van der Waals surface area (Å²) in [5.74, 6) is -1.53. The normalized spacial score (nSPS) is 15.4. The maximum Gasteiger partial charge on any atom is 0.421 e. The molecule has 0 spiro atoms. The van der Waals surface area contributed by atoms with Crippen LogP contribution in [0.4, 0.5) is 17.6 Å². The zero-order chi connectivity index (χ0) is 13.3. The lowest BCUT2D eigenvalue weighted by Crippen LogP contribution is -2.43. The van der Waals surface area contributed by atoms with Crippen LogP contribution in [-0.2, 0) is 10.4 Å². The minimum absolute atomic E-state index is 0.554. The van der Waals surface area contributed by atoms with Crippen LogP contribution in [0.15, 0.2) is 24.3 Å². The number of carbonyl (C=O) groups is 1. The van der Waals surface area contributed by atoms with Crippen molar-refractivity contribution < 1.29 is 27.5 Å². The first-order valence-corrected chi connectivity index (χ1v) is 4.71. The van der Waals surface area contributed by atoms with Crippen LogP contribution in [0.2, 0.25) is 0 Å². The van der Waals surface area contributed by atoms with E-state index in [-0.39, 0.29) is 0 Å². The second-order valence-corrected chi connectivity index (χ2v) is 3.74. The van der Waals surface area contributed by atoms with Crippen LogP contribution in [0.5, 0.6) is 0 Å². The molecule has 1 rings (SSSR count).